The van der Waals surface area contributed by atoms with Gasteiger partial charge in [-0.15, -0.1) is 12.6 Å². The number of aliphatic hydroxyl groups is 1. The quantitative estimate of drug-likeness (QED) is 0.565. The van der Waals surface area contributed by atoms with E-state index in [1.54, 1.807) is 24.3 Å². The molecule has 0 aliphatic heterocycles. The number of hydrogen-bond acceptors (Lipinski definition) is 3. The van der Waals surface area contributed by atoms with Crippen molar-refractivity contribution in [3.63, 3.8) is 0 Å². The highest BCUT2D eigenvalue weighted by Crippen LogP contribution is 2.03. The van der Waals surface area contributed by atoms with E-state index in [0.717, 1.165) is 5.56 Å². The average molecular weight is 210 g/mol. The van der Waals surface area contributed by atoms with Crippen LogP contribution in [0.2, 0.25) is 0 Å². The Labute approximate surface area is 87.2 Å². The fourth-order valence-electron chi connectivity index (χ4n) is 1.03. The summed E-state index contributed by atoms with van der Waals surface area (Å²) in [5, 5.41) is 8.27. The van der Waals surface area contributed by atoms with Crippen LogP contribution in [0.25, 0.3) is 0 Å². The maximum Gasteiger partial charge on any atom is 0.222 e. The zero-order valence-electron chi connectivity index (χ0n) is 7.38. The molecule has 0 fully saturated rings. The largest absolute Gasteiger partial charge is 0.377 e. The lowest BCUT2D eigenvalue weighted by atomic mass is 10.1. The smallest absolute Gasteiger partial charge is 0.222 e. The maximum absolute atomic E-state index is 11.2. The molecule has 0 spiro atoms. The normalized spacial score (nSPS) is 12.1. The van der Waals surface area contributed by atoms with E-state index in [4.69, 9.17) is 5.11 Å². The van der Waals surface area contributed by atoms with Crippen LogP contribution in [0, 0.1) is 0 Å². The number of aliphatic hydroxyl groups excluding tert-OH is 1. The second kappa shape index (κ2) is 4.93. The molecule has 1 atom stereocenters. The van der Waals surface area contributed by atoms with Crippen molar-refractivity contribution in [2.24, 2.45) is 0 Å². The molecule has 0 bridgehead atoms. The Kier molecular flexibility index (Phi) is 3.85. The van der Waals surface area contributed by atoms with E-state index < -0.39 is 17.0 Å². The van der Waals surface area contributed by atoms with Gasteiger partial charge in [0.25, 0.3) is 0 Å². The minimum atomic E-state index is -1.61. The molecule has 1 aromatic rings. The van der Waals surface area contributed by atoms with Gasteiger partial charge in [-0.2, -0.15) is 0 Å². The third-order valence-corrected chi connectivity index (χ3v) is 2.00. The van der Waals surface area contributed by atoms with E-state index in [1.165, 1.54) is 0 Å². The van der Waals surface area contributed by atoms with Crippen LogP contribution in [0.1, 0.15) is 5.56 Å². The third kappa shape index (κ3) is 2.97. The summed E-state index contributed by atoms with van der Waals surface area (Å²) in [5.41, 5.74) is 0.770. The van der Waals surface area contributed by atoms with Crippen molar-refractivity contribution in [3.8, 4) is 0 Å². The van der Waals surface area contributed by atoms with Gasteiger partial charge in [-0.3, -0.25) is 9.59 Å². The summed E-state index contributed by atoms with van der Waals surface area (Å²) in [7, 11) is 0. The van der Waals surface area contributed by atoms with Crippen LogP contribution >= 0.6 is 12.6 Å². The van der Waals surface area contributed by atoms with E-state index in [0.29, 0.717) is 0 Å². The second-order valence-electron chi connectivity index (χ2n) is 2.87. The molecule has 4 heteroatoms. The van der Waals surface area contributed by atoms with E-state index >= 15 is 0 Å². The Morgan fingerprint density at radius 3 is 2.36 bits per heavy atom. The molecule has 0 aliphatic carbocycles. The lowest BCUT2D eigenvalue weighted by molar-refractivity contribution is -0.133. The molecule has 1 N–H and O–H groups in total. The van der Waals surface area contributed by atoms with Gasteiger partial charge in [-0.1, -0.05) is 30.3 Å². The molecule has 0 aromatic heterocycles. The minimum absolute atomic E-state index is 0.0499. The predicted molar refractivity (Wildman–Crippen MR) is 55.2 cm³/mol. The lowest BCUT2D eigenvalue weighted by Crippen LogP contribution is -2.27. The number of ketones is 1. The highest BCUT2D eigenvalue weighted by atomic mass is 32.1. The molecule has 3 nitrogen and oxygen atoms in total. The summed E-state index contributed by atoms with van der Waals surface area (Å²) in [4.78, 5) is 21.8. The van der Waals surface area contributed by atoms with Gasteiger partial charge >= 0.3 is 0 Å². The van der Waals surface area contributed by atoms with E-state index in [9.17, 15) is 9.59 Å². The Morgan fingerprint density at radius 1 is 1.29 bits per heavy atom. The van der Waals surface area contributed by atoms with Crippen LogP contribution in [-0.2, 0) is 16.0 Å². The van der Waals surface area contributed by atoms with Gasteiger partial charge in [0.1, 0.15) is 0 Å². The van der Waals surface area contributed by atoms with Crippen molar-refractivity contribution in [1.82, 2.24) is 0 Å². The highest BCUT2D eigenvalue weighted by molar-refractivity contribution is 7.96. The van der Waals surface area contributed by atoms with Crippen molar-refractivity contribution >= 4 is 23.5 Å². The average Bonchev–Trinajstić information content (AvgIpc) is 2.18. The maximum atomic E-state index is 11.2. The van der Waals surface area contributed by atoms with Crippen LogP contribution in [0.4, 0.5) is 0 Å². The standard InChI is InChI=1S/C10H10O3S/c11-8(9(12)10(13)14)6-7-4-2-1-3-5-7/h1-5,9,12H,6H2,(H,13,14)/t9-/m0/s1. The predicted octanol–water partition coefficient (Wildman–Crippen LogP) is 0.616. The number of rotatable bonds is 4. The van der Waals surface area contributed by atoms with Crippen molar-refractivity contribution < 1.29 is 14.7 Å². The van der Waals surface area contributed by atoms with Crippen LogP contribution in [0.5, 0.6) is 0 Å². The first-order valence-corrected chi connectivity index (χ1v) is 4.53. The number of Topliss-reactive ketones (excluding diaryl/α,β-unsaturated/α-hetero) is 1. The molecule has 0 radical (unpaired) electrons. The van der Waals surface area contributed by atoms with Crippen molar-refractivity contribution in [1.29, 1.82) is 0 Å². The van der Waals surface area contributed by atoms with Crippen LogP contribution in [-0.4, -0.2) is 22.1 Å². The van der Waals surface area contributed by atoms with Crippen LogP contribution in [0.3, 0.4) is 0 Å². The van der Waals surface area contributed by atoms with Gasteiger partial charge in [0.2, 0.25) is 5.12 Å². The third-order valence-electron chi connectivity index (χ3n) is 1.76. The molecule has 0 amide bonds. The first-order valence-electron chi connectivity index (χ1n) is 4.09. The fourth-order valence-corrected chi connectivity index (χ4v) is 1.18. The van der Waals surface area contributed by atoms with Crippen molar-refractivity contribution in [2.75, 3.05) is 0 Å². The molecule has 1 aromatic carbocycles. The van der Waals surface area contributed by atoms with Crippen molar-refractivity contribution in [2.45, 2.75) is 12.5 Å². The zero-order chi connectivity index (χ0) is 10.6. The summed E-state index contributed by atoms with van der Waals surface area (Å²) in [6, 6.07) is 8.92. The van der Waals surface area contributed by atoms with E-state index in [1.807, 2.05) is 6.07 Å². The minimum Gasteiger partial charge on any atom is -0.377 e. The second-order valence-corrected chi connectivity index (χ2v) is 3.31. The Morgan fingerprint density at radius 2 is 1.86 bits per heavy atom. The van der Waals surface area contributed by atoms with Gasteiger partial charge in [0, 0.05) is 6.42 Å². The molecule has 0 heterocycles. The zero-order valence-corrected chi connectivity index (χ0v) is 8.28. The van der Waals surface area contributed by atoms with E-state index in [-0.39, 0.29) is 6.42 Å². The van der Waals surface area contributed by atoms with Gasteiger partial charge in [0.05, 0.1) is 0 Å². The van der Waals surface area contributed by atoms with Crippen LogP contribution < -0.4 is 0 Å². The summed E-state index contributed by atoms with van der Waals surface area (Å²) in [6.45, 7) is 0. The number of carbonyl (C=O) groups excluding carboxylic acids is 2. The Balaban J connectivity index is 2.62. The molecule has 0 saturated heterocycles. The molecule has 0 saturated carbocycles. The van der Waals surface area contributed by atoms with E-state index in [2.05, 4.69) is 12.6 Å². The fraction of sp³-hybridized carbons (Fsp3) is 0.200. The monoisotopic (exact) mass is 210 g/mol. The molecular formula is C10H10O3S. The molecule has 0 unspecified atom stereocenters. The highest BCUT2D eigenvalue weighted by Gasteiger charge is 2.20. The Bertz CT molecular complexity index is 334. The number of thiol groups is 1. The summed E-state index contributed by atoms with van der Waals surface area (Å²) in [6.07, 6.45) is -1.56. The van der Waals surface area contributed by atoms with Gasteiger partial charge < -0.3 is 5.11 Å². The summed E-state index contributed by atoms with van der Waals surface area (Å²) < 4.78 is 0. The number of benzene rings is 1. The topological polar surface area (TPSA) is 54.4 Å². The first kappa shape index (κ1) is 10.9. The number of hydrogen-bond donors (Lipinski definition) is 2. The first-order chi connectivity index (χ1) is 6.61. The van der Waals surface area contributed by atoms with Gasteiger partial charge in [-0.25, -0.2) is 0 Å². The SMILES string of the molecule is O=C(S)[C@@H](O)C(=O)Cc1ccccc1. The molecule has 74 valence electrons. The van der Waals surface area contributed by atoms with Crippen LogP contribution in [0.15, 0.2) is 30.3 Å². The summed E-state index contributed by atoms with van der Waals surface area (Å²) in [5.74, 6) is -0.531. The van der Waals surface area contributed by atoms with Gasteiger partial charge in [0.15, 0.2) is 11.9 Å². The molecule has 0 aliphatic rings. The molecule has 14 heavy (non-hydrogen) atoms. The summed E-state index contributed by atoms with van der Waals surface area (Å²) >= 11 is 3.39. The molecular weight excluding hydrogens is 200 g/mol. The Hall–Kier alpha value is -1.13. The van der Waals surface area contributed by atoms with Crippen molar-refractivity contribution in [3.05, 3.63) is 35.9 Å². The van der Waals surface area contributed by atoms with Gasteiger partial charge in [-0.05, 0) is 5.56 Å². The number of carbonyl (C=O) groups is 2. The molecule has 1 rings (SSSR count). The lowest BCUT2D eigenvalue weighted by Gasteiger charge is -2.04.